The van der Waals surface area contributed by atoms with E-state index in [-0.39, 0.29) is 5.78 Å². The third-order valence-electron chi connectivity index (χ3n) is 2.28. The Morgan fingerprint density at radius 2 is 2.25 bits per heavy atom. The molecule has 0 aliphatic carbocycles. The van der Waals surface area contributed by atoms with Gasteiger partial charge in [0.05, 0.1) is 9.21 Å². The molecule has 0 saturated carbocycles. The second-order valence-corrected chi connectivity index (χ2v) is 5.01. The van der Waals surface area contributed by atoms with Crippen molar-refractivity contribution in [3.8, 4) is 0 Å². The number of thiophene rings is 1. The van der Waals surface area contributed by atoms with E-state index in [0.29, 0.717) is 14.9 Å². The largest absolute Gasteiger partial charge is 0.286 e. The monoisotopic (exact) mass is 251 g/mol. The number of rotatable bonds is 3. The fourth-order valence-electron chi connectivity index (χ4n) is 1.48. The molecule has 82 valence electrons. The SMILES string of the molecule is CCc1cccnc1C(=O)c1ccc(Cl)s1. The number of aromatic nitrogens is 1. The van der Waals surface area contributed by atoms with Crippen LogP contribution in [0.25, 0.3) is 0 Å². The Balaban J connectivity index is 2.41. The molecule has 4 heteroatoms. The quantitative estimate of drug-likeness (QED) is 0.781. The predicted molar refractivity (Wildman–Crippen MR) is 66.4 cm³/mol. The number of nitrogens with zero attached hydrogens (tertiary/aromatic N) is 1. The fraction of sp³-hybridized carbons (Fsp3) is 0.167. The van der Waals surface area contributed by atoms with E-state index in [1.165, 1.54) is 11.3 Å². The van der Waals surface area contributed by atoms with Crippen LogP contribution in [0.15, 0.2) is 30.5 Å². The smallest absolute Gasteiger partial charge is 0.221 e. The third-order valence-corrected chi connectivity index (χ3v) is 3.51. The van der Waals surface area contributed by atoms with Crippen LogP contribution in [0.1, 0.15) is 27.9 Å². The topological polar surface area (TPSA) is 30.0 Å². The van der Waals surface area contributed by atoms with Gasteiger partial charge in [-0.2, -0.15) is 0 Å². The summed E-state index contributed by atoms with van der Waals surface area (Å²) in [7, 11) is 0. The molecular weight excluding hydrogens is 242 g/mol. The first-order chi connectivity index (χ1) is 7.72. The molecule has 0 spiro atoms. The van der Waals surface area contributed by atoms with Crippen molar-refractivity contribution in [2.24, 2.45) is 0 Å². The van der Waals surface area contributed by atoms with Gasteiger partial charge in [0.15, 0.2) is 0 Å². The first kappa shape index (κ1) is 11.3. The zero-order chi connectivity index (χ0) is 11.5. The van der Waals surface area contributed by atoms with Gasteiger partial charge in [-0.15, -0.1) is 11.3 Å². The molecule has 0 N–H and O–H groups in total. The number of hydrogen-bond donors (Lipinski definition) is 0. The number of halogens is 1. The average molecular weight is 252 g/mol. The van der Waals surface area contributed by atoms with Crippen LogP contribution in [0.5, 0.6) is 0 Å². The number of carbonyl (C=O) groups is 1. The molecule has 16 heavy (non-hydrogen) atoms. The minimum absolute atomic E-state index is 0.0469. The number of aryl methyl sites for hydroxylation is 1. The van der Waals surface area contributed by atoms with Crippen LogP contribution in [0.2, 0.25) is 4.34 Å². The minimum Gasteiger partial charge on any atom is -0.286 e. The van der Waals surface area contributed by atoms with Crippen molar-refractivity contribution in [3.05, 3.63) is 50.9 Å². The van der Waals surface area contributed by atoms with Crippen molar-refractivity contribution < 1.29 is 4.79 Å². The number of hydrogen-bond acceptors (Lipinski definition) is 3. The summed E-state index contributed by atoms with van der Waals surface area (Å²) in [6.45, 7) is 2.01. The van der Waals surface area contributed by atoms with Crippen molar-refractivity contribution in [2.75, 3.05) is 0 Å². The first-order valence-electron chi connectivity index (χ1n) is 4.96. The summed E-state index contributed by atoms with van der Waals surface area (Å²) in [5, 5.41) is 0. The van der Waals surface area contributed by atoms with Crippen LogP contribution in [0.4, 0.5) is 0 Å². The highest BCUT2D eigenvalue weighted by molar-refractivity contribution is 7.18. The van der Waals surface area contributed by atoms with Crippen LogP contribution in [0, 0.1) is 0 Å². The Labute approximate surface area is 103 Å². The molecule has 0 unspecified atom stereocenters. The molecule has 2 heterocycles. The highest BCUT2D eigenvalue weighted by atomic mass is 35.5. The van der Waals surface area contributed by atoms with E-state index in [1.807, 2.05) is 19.1 Å². The van der Waals surface area contributed by atoms with Crippen LogP contribution in [0.3, 0.4) is 0 Å². The summed E-state index contributed by atoms with van der Waals surface area (Å²) < 4.78 is 0.623. The normalized spacial score (nSPS) is 10.4. The molecule has 0 aliphatic heterocycles. The van der Waals surface area contributed by atoms with Gasteiger partial charge >= 0.3 is 0 Å². The predicted octanol–water partition coefficient (Wildman–Crippen LogP) is 3.59. The minimum atomic E-state index is -0.0469. The van der Waals surface area contributed by atoms with E-state index in [2.05, 4.69) is 4.98 Å². The lowest BCUT2D eigenvalue weighted by molar-refractivity contribution is 0.103. The third kappa shape index (κ3) is 2.15. The summed E-state index contributed by atoms with van der Waals surface area (Å²) in [5.74, 6) is -0.0469. The van der Waals surface area contributed by atoms with Gasteiger partial charge in [0.1, 0.15) is 5.69 Å². The van der Waals surface area contributed by atoms with Gasteiger partial charge in [0, 0.05) is 6.20 Å². The van der Waals surface area contributed by atoms with E-state index < -0.39 is 0 Å². The molecule has 0 saturated heterocycles. The van der Waals surface area contributed by atoms with Gasteiger partial charge in [0.2, 0.25) is 5.78 Å². The Hall–Kier alpha value is -1.19. The molecule has 2 rings (SSSR count). The van der Waals surface area contributed by atoms with Gasteiger partial charge in [-0.1, -0.05) is 24.6 Å². The van der Waals surface area contributed by atoms with Gasteiger partial charge in [-0.05, 0) is 30.2 Å². The molecule has 2 aromatic heterocycles. The number of carbonyl (C=O) groups excluding carboxylic acids is 1. The van der Waals surface area contributed by atoms with E-state index in [9.17, 15) is 4.79 Å². The standard InChI is InChI=1S/C12H10ClNOS/c1-2-8-4-3-7-14-11(8)12(15)9-5-6-10(13)16-9/h3-7H,2H2,1H3. The maximum Gasteiger partial charge on any atom is 0.221 e. The summed E-state index contributed by atoms with van der Waals surface area (Å²) in [6.07, 6.45) is 2.44. The lowest BCUT2D eigenvalue weighted by Crippen LogP contribution is -2.05. The van der Waals surface area contributed by atoms with Crippen LogP contribution in [-0.2, 0) is 6.42 Å². The Bertz CT molecular complexity index is 521. The average Bonchev–Trinajstić information content (AvgIpc) is 2.75. The second-order valence-electron chi connectivity index (χ2n) is 3.30. The molecule has 0 aromatic carbocycles. The molecule has 0 radical (unpaired) electrons. The van der Waals surface area contributed by atoms with Crippen molar-refractivity contribution in [2.45, 2.75) is 13.3 Å². The van der Waals surface area contributed by atoms with Crippen molar-refractivity contribution in [3.63, 3.8) is 0 Å². The molecule has 0 atom stereocenters. The van der Waals surface area contributed by atoms with Crippen LogP contribution < -0.4 is 0 Å². The lowest BCUT2D eigenvalue weighted by Gasteiger charge is -2.03. The zero-order valence-corrected chi connectivity index (χ0v) is 10.3. The number of ketones is 1. The van der Waals surface area contributed by atoms with Crippen LogP contribution >= 0.6 is 22.9 Å². The van der Waals surface area contributed by atoms with Gasteiger partial charge in [-0.3, -0.25) is 9.78 Å². The summed E-state index contributed by atoms with van der Waals surface area (Å²) in [4.78, 5) is 16.9. The molecule has 0 bridgehead atoms. The summed E-state index contributed by atoms with van der Waals surface area (Å²) in [5.41, 5.74) is 1.50. The van der Waals surface area contributed by atoms with Gasteiger partial charge in [-0.25, -0.2) is 0 Å². The molecular formula is C12H10ClNOS. The van der Waals surface area contributed by atoms with Crippen molar-refractivity contribution in [1.29, 1.82) is 0 Å². The molecule has 2 nitrogen and oxygen atoms in total. The highest BCUT2D eigenvalue weighted by Crippen LogP contribution is 2.24. The maximum absolute atomic E-state index is 12.1. The Morgan fingerprint density at radius 1 is 1.44 bits per heavy atom. The Morgan fingerprint density at radius 3 is 2.88 bits per heavy atom. The zero-order valence-electron chi connectivity index (χ0n) is 8.74. The highest BCUT2D eigenvalue weighted by Gasteiger charge is 2.15. The summed E-state index contributed by atoms with van der Waals surface area (Å²) >= 11 is 7.10. The second kappa shape index (κ2) is 4.76. The first-order valence-corrected chi connectivity index (χ1v) is 6.15. The maximum atomic E-state index is 12.1. The molecule has 0 fully saturated rings. The van der Waals surface area contributed by atoms with Crippen molar-refractivity contribution >= 4 is 28.7 Å². The molecule has 0 amide bonds. The van der Waals surface area contributed by atoms with Crippen LogP contribution in [-0.4, -0.2) is 10.8 Å². The summed E-state index contributed by atoms with van der Waals surface area (Å²) in [6, 6.07) is 7.24. The van der Waals surface area contributed by atoms with E-state index in [4.69, 9.17) is 11.6 Å². The van der Waals surface area contributed by atoms with Gasteiger partial charge < -0.3 is 0 Å². The van der Waals surface area contributed by atoms with E-state index in [0.717, 1.165) is 12.0 Å². The molecule has 2 aromatic rings. The fourth-order valence-corrected chi connectivity index (χ4v) is 2.47. The van der Waals surface area contributed by atoms with E-state index in [1.54, 1.807) is 18.3 Å². The Kier molecular flexibility index (Phi) is 3.36. The van der Waals surface area contributed by atoms with Crippen molar-refractivity contribution in [1.82, 2.24) is 4.98 Å². The lowest BCUT2D eigenvalue weighted by atomic mass is 10.1. The number of pyridine rings is 1. The molecule has 0 aliphatic rings. The van der Waals surface area contributed by atoms with E-state index >= 15 is 0 Å². The van der Waals surface area contributed by atoms with Gasteiger partial charge in [0.25, 0.3) is 0 Å².